The number of piperidine rings is 1. The van der Waals surface area contributed by atoms with Gasteiger partial charge in [0.15, 0.2) is 23.3 Å². The quantitative estimate of drug-likeness (QED) is 0.499. The molecule has 0 aromatic heterocycles. The molecule has 0 radical (unpaired) electrons. The van der Waals surface area contributed by atoms with Gasteiger partial charge in [-0.1, -0.05) is 6.07 Å². The maximum absolute atomic E-state index is 13.1. The van der Waals surface area contributed by atoms with Crippen LogP contribution in [-0.2, 0) is 9.59 Å². The monoisotopic (exact) mass is 508 g/mol. The molecule has 2 aromatic rings. The fourth-order valence-electron chi connectivity index (χ4n) is 4.17. The highest BCUT2D eigenvalue weighted by molar-refractivity contribution is 8.18. The number of amidine groups is 1. The Balaban J connectivity index is 1.53. The summed E-state index contributed by atoms with van der Waals surface area (Å²) in [5, 5.41) is 0.658. The Hall–Kier alpha value is -3.46. The lowest BCUT2D eigenvalue weighted by atomic mass is 10.1. The van der Waals surface area contributed by atoms with E-state index in [1.165, 1.54) is 36.7 Å². The molecule has 9 heteroatoms. The second-order valence-electron chi connectivity index (χ2n) is 8.51. The zero-order chi connectivity index (χ0) is 25.5. The van der Waals surface area contributed by atoms with Gasteiger partial charge in [0.2, 0.25) is 0 Å². The van der Waals surface area contributed by atoms with Gasteiger partial charge in [-0.15, -0.1) is 0 Å². The highest BCUT2D eigenvalue weighted by Gasteiger charge is 2.32. The molecule has 0 atom stereocenters. The molecule has 0 saturated carbocycles. The van der Waals surface area contributed by atoms with Gasteiger partial charge < -0.3 is 20.1 Å². The molecule has 2 aliphatic heterocycles. The molecule has 2 saturated heterocycles. The molecule has 2 heterocycles. The van der Waals surface area contributed by atoms with Crippen molar-refractivity contribution < 1.29 is 19.1 Å². The zero-order valence-electron chi connectivity index (χ0n) is 20.7. The SMILES string of the molecule is CCOc1cc(/C=C2\SC(=Nc3ccc(N4CCCCC4)cc3)N(CC)C2=O)ccc1OCC(N)=O. The second kappa shape index (κ2) is 12.0. The molecule has 0 spiro atoms. The van der Waals surface area contributed by atoms with E-state index in [2.05, 4.69) is 17.0 Å². The molecule has 0 aliphatic carbocycles. The number of rotatable bonds is 9. The van der Waals surface area contributed by atoms with Crippen molar-refractivity contribution in [1.82, 2.24) is 4.90 Å². The van der Waals surface area contributed by atoms with Crippen molar-refractivity contribution in [3.05, 3.63) is 52.9 Å². The van der Waals surface area contributed by atoms with Crippen molar-refractivity contribution in [2.24, 2.45) is 10.7 Å². The third-order valence-corrected chi connectivity index (χ3v) is 6.94. The van der Waals surface area contributed by atoms with Crippen LogP contribution in [0.15, 0.2) is 52.4 Å². The molecule has 4 rings (SSSR count). The summed E-state index contributed by atoms with van der Waals surface area (Å²) in [6, 6.07) is 13.5. The van der Waals surface area contributed by atoms with E-state index in [4.69, 9.17) is 20.2 Å². The van der Waals surface area contributed by atoms with Gasteiger partial charge >= 0.3 is 0 Å². The minimum Gasteiger partial charge on any atom is -0.490 e. The number of carbonyl (C=O) groups excluding carboxylic acids is 2. The topological polar surface area (TPSA) is 97.5 Å². The molecule has 2 amide bonds. The molecule has 2 aliphatic rings. The highest BCUT2D eigenvalue weighted by atomic mass is 32.2. The summed E-state index contributed by atoms with van der Waals surface area (Å²) in [6.45, 7) is 6.71. The van der Waals surface area contributed by atoms with Crippen LogP contribution in [0.3, 0.4) is 0 Å². The standard InChI is InChI=1S/C27H32N4O4S/c1-3-31-26(33)24(17-19-8-13-22(35-18-25(28)32)23(16-19)34-4-2)36-27(31)29-20-9-11-21(12-10-20)30-14-6-5-7-15-30/h8-13,16-17H,3-7,14-15,18H2,1-2H3,(H2,28,32)/b24-17-,29-27?. The number of nitrogens with two attached hydrogens (primary N) is 1. The molecule has 36 heavy (non-hydrogen) atoms. The van der Waals surface area contributed by atoms with E-state index in [-0.39, 0.29) is 12.5 Å². The fraction of sp³-hybridized carbons (Fsp3) is 0.370. The molecule has 0 bridgehead atoms. The summed E-state index contributed by atoms with van der Waals surface area (Å²) in [7, 11) is 0. The van der Waals surface area contributed by atoms with E-state index < -0.39 is 5.91 Å². The van der Waals surface area contributed by atoms with Crippen LogP contribution < -0.4 is 20.1 Å². The molecule has 0 unspecified atom stereocenters. The van der Waals surface area contributed by atoms with Gasteiger partial charge in [0.05, 0.1) is 17.2 Å². The number of carbonyl (C=O) groups is 2. The first-order valence-electron chi connectivity index (χ1n) is 12.3. The number of anilines is 1. The molecule has 2 fully saturated rings. The maximum atomic E-state index is 13.1. The normalized spacial score (nSPS) is 18.2. The maximum Gasteiger partial charge on any atom is 0.266 e. The number of ether oxygens (including phenoxy) is 2. The Labute approximate surface area is 216 Å². The van der Waals surface area contributed by atoms with Crippen molar-refractivity contribution >= 4 is 46.2 Å². The van der Waals surface area contributed by atoms with E-state index in [0.717, 1.165) is 24.3 Å². The minimum atomic E-state index is -0.566. The largest absolute Gasteiger partial charge is 0.490 e. The average Bonchev–Trinajstić information content (AvgIpc) is 3.18. The van der Waals surface area contributed by atoms with Crippen LogP contribution in [-0.4, -0.2) is 54.7 Å². The summed E-state index contributed by atoms with van der Waals surface area (Å²) in [5.41, 5.74) is 8.00. The van der Waals surface area contributed by atoms with Gasteiger partial charge in [-0.25, -0.2) is 4.99 Å². The van der Waals surface area contributed by atoms with Crippen LogP contribution in [0.25, 0.3) is 6.08 Å². The van der Waals surface area contributed by atoms with Gasteiger partial charge in [0.1, 0.15) is 0 Å². The minimum absolute atomic E-state index is 0.0850. The lowest BCUT2D eigenvalue weighted by Gasteiger charge is -2.28. The zero-order valence-corrected chi connectivity index (χ0v) is 21.6. The molecule has 2 N–H and O–H groups in total. The van der Waals surface area contributed by atoms with Gasteiger partial charge in [-0.2, -0.15) is 0 Å². The molecule has 2 aromatic carbocycles. The summed E-state index contributed by atoms with van der Waals surface area (Å²) in [6.07, 6.45) is 5.59. The van der Waals surface area contributed by atoms with Crippen LogP contribution in [0.1, 0.15) is 38.7 Å². The van der Waals surface area contributed by atoms with Crippen LogP contribution in [0.5, 0.6) is 11.5 Å². The first kappa shape index (κ1) is 25.6. The Morgan fingerprint density at radius 3 is 2.47 bits per heavy atom. The first-order valence-corrected chi connectivity index (χ1v) is 13.1. The van der Waals surface area contributed by atoms with Crippen LogP contribution >= 0.6 is 11.8 Å². The summed E-state index contributed by atoms with van der Waals surface area (Å²) in [4.78, 5) is 33.6. The predicted octanol–water partition coefficient (Wildman–Crippen LogP) is 4.56. The van der Waals surface area contributed by atoms with Crippen LogP contribution in [0.2, 0.25) is 0 Å². The van der Waals surface area contributed by atoms with Crippen molar-refractivity contribution in [3.63, 3.8) is 0 Å². The van der Waals surface area contributed by atoms with Gasteiger partial charge in [0, 0.05) is 25.3 Å². The summed E-state index contributed by atoms with van der Waals surface area (Å²) < 4.78 is 11.1. The van der Waals surface area contributed by atoms with E-state index >= 15 is 0 Å². The van der Waals surface area contributed by atoms with E-state index in [1.807, 2.05) is 38.1 Å². The Morgan fingerprint density at radius 1 is 1.06 bits per heavy atom. The van der Waals surface area contributed by atoms with Gasteiger partial charge in [-0.3, -0.25) is 14.5 Å². The van der Waals surface area contributed by atoms with E-state index in [9.17, 15) is 9.59 Å². The van der Waals surface area contributed by atoms with Crippen molar-refractivity contribution in [1.29, 1.82) is 0 Å². The molecule has 8 nitrogen and oxygen atoms in total. The lowest BCUT2D eigenvalue weighted by molar-refractivity contribution is -0.122. The molecular weight excluding hydrogens is 476 g/mol. The number of benzene rings is 2. The lowest BCUT2D eigenvalue weighted by Crippen LogP contribution is -2.29. The average molecular weight is 509 g/mol. The Bertz CT molecular complexity index is 1160. The number of likely N-dealkylation sites (N-methyl/N-ethyl adjacent to an activating group) is 1. The number of aliphatic imine (C=N–C) groups is 1. The number of primary amides is 1. The van der Waals surface area contributed by atoms with Crippen molar-refractivity contribution in [2.75, 3.05) is 37.7 Å². The van der Waals surface area contributed by atoms with E-state index in [1.54, 1.807) is 17.0 Å². The smallest absolute Gasteiger partial charge is 0.266 e. The summed E-state index contributed by atoms with van der Waals surface area (Å²) >= 11 is 1.35. The number of amides is 2. The number of nitrogens with zero attached hydrogens (tertiary/aromatic N) is 3. The molecular formula is C27H32N4O4S. The van der Waals surface area contributed by atoms with Gasteiger partial charge in [-0.05, 0) is 92.9 Å². The number of thioether (sulfide) groups is 1. The third-order valence-electron chi connectivity index (χ3n) is 5.94. The number of hydrogen-bond acceptors (Lipinski definition) is 7. The summed E-state index contributed by atoms with van der Waals surface area (Å²) in [5.74, 6) is 0.259. The second-order valence-corrected chi connectivity index (χ2v) is 9.52. The Kier molecular flexibility index (Phi) is 8.53. The highest BCUT2D eigenvalue weighted by Crippen LogP contribution is 2.36. The van der Waals surface area contributed by atoms with Crippen LogP contribution in [0.4, 0.5) is 11.4 Å². The first-order chi connectivity index (χ1) is 17.5. The van der Waals surface area contributed by atoms with Crippen molar-refractivity contribution in [2.45, 2.75) is 33.1 Å². The fourth-order valence-corrected chi connectivity index (χ4v) is 5.24. The van der Waals surface area contributed by atoms with Crippen LogP contribution in [0, 0.1) is 0 Å². The third kappa shape index (κ3) is 6.20. The van der Waals surface area contributed by atoms with Crippen molar-refractivity contribution in [3.8, 4) is 11.5 Å². The molecule has 190 valence electrons. The van der Waals surface area contributed by atoms with Gasteiger partial charge in [0.25, 0.3) is 11.8 Å². The predicted molar refractivity (Wildman–Crippen MR) is 145 cm³/mol. The number of hydrogen-bond donors (Lipinski definition) is 1. The Morgan fingerprint density at radius 2 is 1.81 bits per heavy atom. The van der Waals surface area contributed by atoms with E-state index in [0.29, 0.717) is 34.7 Å².